The Hall–Kier alpha value is -0.640. The van der Waals surface area contributed by atoms with Gasteiger partial charge in [0, 0.05) is 17.7 Å². The first kappa shape index (κ1) is 13.4. The predicted molar refractivity (Wildman–Crippen MR) is 64.2 cm³/mol. The molecule has 0 aromatic heterocycles. The van der Waals surface area contributed by atoms with Crippen LogP contribution in [0, 0.1) is 5.82 Å². The van der Waals surface area contributed by atoms with E-state index in [1.807, 2.05) is 13.8 Å². The summed E-state index contributed by atoms with van der Waals surface area (Å²) < 4.78 is 18.4. The molecule has 0 radical (unpaired) electrons. The van der Waals surface area contributed by atoms with Crippen molar-refractivity contribution in [1.82, 2.24) is 0 Å². The maximum absolute atomic E-state index is 13.0. The second-order valence-corrected chi connectivity index (χ2v) is 4.17. The summed E-state index contributed by atoms with van der Waals surface area (Å²) >= 11 is 5.96. The Morgan fingerprint density at radius 1 is 1.50 bits per heavy atom. The van der Waals surface area contributed by atoms with Crippen molar-refractivity contribution >= 4 is 11.6 Å². The molecule has 0 aliphatic carbocycles. The first-order valence-electron chi connectivity index (χ1n) is 5.35. The van der Waals surface area contributed by atoms with E-state index in [0.29, 0.717) is 18.1 Å². The summed E-state index contributed by atoms with van der Waals surface area (Å²) in [6.07, 6.45) is 0.446. The van der Waals surface area contributed by atoms with Crippen molar-refractivity contribution in [2.24, 2.45) is 5.73 Å². The van der Waals surface area contributed by atoms with Gasteiger partial charge in [0.05, 0.1) is 6.10 Å². The zero-order chi connectivity index (χ0) is 12.1. The summed E-state index contributed by atoms with van der Waals surface area (Å²) in [6, 6.07) is 4.12. The summed E-state index contributed by atoms with van der Waals surface area (Å²) in [5.41, 5.74) is 6.67. The SMILES string of the molecule is CCOC(C)C(N)Cc1cc(F)ccc1Cl. The Morgan fingerprint density at radius 3 is 2.81 bits per heavy atom. The fraction of sp³-hybridized carbons (Fsp3) is 0.500. The third-order valence-corrected chi connectivity index (χ3v) is 2.86. The van der Waals surface area contributed by atoms with Crippen LogP contribution in [0.2, 0.25) is 5.02 Å². The maximum Gasteiger partial charge on any atom is 0.123 e. The van der Waals surface area contributed by atoms with Crippen molar-refractivity contribution in [2.75, 3.05) is 6.61 Å². The lowest BCUT2D eigenvalue weighted by Crippen LogP contribution is -2.36. The van der Waals surface area contributed by atoms with E-state index >= 15 is 0 Å². The van der Waals surface area contributed by atoms with Crippen molar-refractivity contribution in [1.29, 1.82) is 0 Å². The number of ether oxygens (including phenoxy) is 1. The van der Waals surface area contributed by atoms with Crippen LogP contribution < -0.4 is 5.73 Å². The van der Waals surface area contributed by atoms with Crippen LogP contribution in [-0.4, -0.2) is 18.8 Å². The van der Waals surface area contributed by atoms with Gasteiger partial charge in [0.25, 0.3) is 0 Å². The van der Waals surface area contributed by atoms with Gasteiger partial charge in [0.2, 0.25) is 0 Å². The maximum atomic E-state index is 13.0. The van der Waals surface area contributed by atoms with E-state index in [4.69, 9.17) is 22.1 Å². The molecule has 16 heavy (non-hydrogen) atoms. The van der Waals surface area contributed by atoms with E-state index in [0.717, 1.165) is 5.56 Å². The van der Waals surface area contributed by atoms with Crippen LogP contribution >= 0.6 is 11.6 Å². The molecule has 2 unspecified atom stereocenters. The van der Waals surface area contributed by atoms with Crippen LogP contribution in [0.15, 0.2) is 18.2 Å². The molecule has 0 saturated carbocycles. The Morgan fingerprint density at radius 2 is 2.19 bits per heavy atom. The Bertz CT molecular complexity index is 346. The molecule has 1 aromatic carbocycles. The second kappa shape index (κ2) is 6.18. The van der Waals surface area contributed by atoms with Gasteiger partial charge in [0.15, 0.2) is 0 Å². The lowest BCUT2D eigenvalue weighted by atomic mass is 10.0. The van der Waals surface area contributed by atoms with Gasteiger partial charge in [-0.15, -0.1) is 0 Å². The molecule has 1 rings (SSSR count). The smallest absolute Gasteiger partial charge is 0.123 e. The average molecular weight is 246 g/mol. The lowest BCUT2D eigenvalue weighted by Gasteiger charge is -2.20. The Labute approximate surface area is 101 Å². The molecule has 90 valence electrons. The highest BCUT2D eigenvalue weighted by atomic mass is 35.5. The van der Waals surface area contributed by atoms with Crippen LogP contribution in [-0.2, 0) is 11.2 Å². The van der Waals surface area contributed by atoms with Crippen LogP contribution in [0.5, 0.6) is 0 Å². The molecular weight excluding hydrogens is 229 g/mol. The number of hydrogen-bond acceptors (Lipinski definition) is 2. The average Bonchev–Trinajstić information content (AvgIpc) is 2.23. The fourth-order valence-corrected chi connectivity index (χ4v) is 1.70. The van der Waals surface area contributed by atoms with E-state index in [2.05, 4.69) is 0 Å². The number of halogens is 2. The van der Waals surface area contributed by atoms with Gasteiger partial charge >= 0.3 is 0 Å². The zero-order valence-electron chi connectivity index (χ0n) is 9.54. The minimum absolute atomic E-state index is 0.0654. The van der Waals surface area contributed by atoms with Crippen molar-refractivity contribution in [3.63, 3.8) is 0 Å². The molecule has 2 nitrogen and oxygen atoms in total. The van der Waals surface area contributed by atoms with Gasteiger partial charge in [-0.05, 0) is 44.0 Å². The lowest BCUT2D eigenvalue weighted by molar-refractivity contribution is 0.0577. The monoisotopic (exact) mass is 245 g/mol. The number of rotatable bonds is 5. The molecule has 0 amide bonds. The number of hydrogen-bond donors (Lipinski definition) is 1. The van der Waals surface area contributed by atoms with Crippen LogP contribution in [0.3, 0.4) is 0 Å². The van der Waals surface area contributed by atoms with E-state index in [1.54, 1.807) is 6.07 Å². The summed E-state index contributed by atoms with van der Waals surface area (Å²) in [6.45, 7) is 4.44. The summed E-state index contributed by atoms with van der Waals surface area (Å²) in [4.78, 5) is 0. The highest BCUT2D eigenvalue weighted by Gasteiger charge is 2.15. The van der Waals surface area contributed by atoms with Crippen LogP contribution in [0.25, 0.3) is 0 Å². The molecule has 0 bridgehead atoms. The Balaban J connectivity index is 2.68. The third-order valence-electron chi connectivity index (χ3n) is 2.50. The third kappa shape index (κ3) is 3.74. The van der Waals surface area contributed by atoms with Crippen molar-refractivity contribution in [2.45, 2.75) is 32.4 Å². The van der Waals surface area contributed by atoms with Crippen molar-refractivity contribution in [3.8, 4) is 0 Å². The number of benzene rings is 1. The summed E-state index contributed by atoms with van der Waals surface area (Å²) in [7, 11) is 0. The van der Waals surface area contributed by atoms with Gasteiger partial charge in [-0.2, -0.15) is 0 Å². The van der Waals surface area contributed by atoms with E-state index < -0.39 is 0 Å². The largest absolute Gasteiger partial charge is 0.377 e. The summed E-state index contributed by atoms with van der Waals surface area (Å²) in [5.74, 6) is -0.296. The first-order valence-corrected chi connectivity index (χ1v) is 5.73. The van der Waals surface area contributed by atoms with Crippen LogP contribution in [0.4, 0.5) is 4.39 Å². The normalized spacial score (nSPS) is 14.8. The van der Waals surface area contributed by atoms with E-state index in [9.17, 15) is 4.39 Å². The van der Waals surface area contributed by atoms with Gasteiger partial charge in [-0.25, -0.2) is 4.39 Å². The molecule has 2 N–H and O–H groups in total. The second-order valence-electron chi connectivity index (χ2n) is 3.76. The predicted octanol–water partition coefficient (Wildman–Crippen LogP) is 2.77. The quantitative estimate of drug-likeness (QED) is 0.866. The number of nitrogens with two attached hydrogens (primary N) is 1. The van der Waals surface area contributed by atoms with Gasteiger partial charge in [0.1, 0.15) is 5.82 Å². The molecule has 2 atom stereocenters. The van der Waals surface area contributed by atoms with E-state index in [-0.39, 0.29) is 18.0 Å². The molecule has 0 heterocycles. The van der Waals surface area contributed by atoms with Gasteiger partial charge in [-0.1, -0.05) is 11.6 Å². The minimum atomic E-state index is -0.296. The zero-order valence-corrected chi connectivity index (χ0v) is 10.3. The van der Waals surface area contributed by atoms with E-state index in [1.165, 1.54) is 12.1 Å². The van der Waals surface area contributed by atoms with Gasteiger partial charge < -0.3 is 10.5 Å². The molecule has 4 heteroatoms. The summed E-state index contributed by atoms with van der Waals surface area (Å²) in [5, 5.41) is 0.542. The molecule has 0 fully saturated rings. The van der Waals surface area contributed by atoms with Crippen LogP contribution in [0.1, 0.15) is 19.4 Å². The first-order chi connectivity index (χ1) is 7.54. The fourth-order valence-electron chi connectivity index (χ4n) is 1.51. The van der Waals surface area contributed by atoms with Gasteiger partial charge in [-0.3, -0.25) is 0 Å². The molecule has 1 aromatic rings. The molecular formula is C12H17ClFNO. The Kier molecular flexibility index (Phi) is 5.19. The highest BCUT2D eigenvalue weighted by Crippen LogP contribution is 2.19. The standard InChI is InChI=1S/C12H17ClFNO/c1-3-16-8(2)12(15)7-9-6-10(14)4-5-11(9)13/h4-6,8,12H,3,7,15H2,1-2H3. The molecule has 0 aliphatic rings. The molecule has 0 aliphatic heterocycles. The molecule has 0 saturated heterocycles. The minimum Gasteiger partial charge on any atom is -0.377 e. The molecule has 0 spiro atoms. The highest BCUT2D eigenvalue weighted by molar-refractivity contribution is 6.31. The van der Waals surface area contributed by atoms with Crippen molar-refractivity contribution in [3.05, 3.63) is 34.6 Å². The van der Waals surface area contributed by atoms with Crippen molar-refractivity contribution < 1.29 is 9.13 Å². The topological polar surface area (TPSA) is 35.2 Å².